The average molecular weight is 394 g/mol. The average Bonchev–Trinajstić information content (AvgIpc) is 3.38. The molecule has 144 valence electrons. The normalized spacial score (nSPS) is 24.2. The third-order valence-corrected chi connectivity index (χ3v) is 5.25. The van der Waals surface area contributed by atoms with Crippen molar-refractivity contribution < 1.29 is 26.4 Å². The van der Waals surface area contributed by atoms with Gasteiger partial charge >= 0.3 is 7.12 Å². The first kappa shape index (κ1) is 21.5. The van der Waals surface area contributed by atoms with Gasteiger partial charge in [0, 0.05) is 17.1 Å². The number of hydrogen-bond donors (Lipinski definition) is 0. The van der Waals surface area contributed by atoms with E-state index in [4.69, 9.17) is 9.31 Å². The zero-order valence-corrected chi connectivity index (χ0v) is 16.8. The van der Waals surface area contributed by atoms with Crippen LogP contribution in [0.15, 0.2) is 54.6 Å². The van der Waals surface area contributed by atoms with Gasteiger partial charge in [0.15, 0.2) is 0 Å². The minimum absolute atomic E-state index is 0. The summed E-state index contributed by atoms with van der Waals surface area (Å²) in [5, 5.41) is 0. The molecule has 4 heteroatoms. The van der Waals surface area contributed by atoms with Crippen molar-refractivity contribution in [1.82, 2.24) is 0 Å². The van der Waals surface area contributed by atoms with Gasteiger partial charge < -0.3 is 9.31 Å². The molecule has 2 aromatic rings. The Kier molecular flexibility index (Phi) is 10.4. The standard InChI is InChI=1S/C17H26BO2.C5H5.Fe/c1-2-4-6-8-14-17-16(13-7-5-3-1)19-18(20-17)15-11-9-10-12-15;1-2-4-5-3-1;/h9-12,16-17H,1-8,13-14H2;1-5H;/q2*-1;/t16-,17+;;. The van der Waals surface area contributed by atoms with E-state index in [1.54, 1.807) is 0 Å². The molecule has 0 amide bonds. The first-order valence-corrected chi connectivity index (χ1v) is 10.1. The van der Waals surface area contributed by atoms with Crippen LogP contribution < -0.4 is 5.46 Å². The van der Waals surface area contributed by atoms with Gasteiger partial charge in [-0.3, -0.25) is 0 Å². The molecule has 0 unspecified atom stereocenters. The van der Waals surface area contributed by atoms with Crippen LogP contribution in [0.2, 0.25) is 0 Å². The molecule has 2 nitrogen and oxygen atoms in total. The molecule has 1 heterocycles. The van der Waals surface area contributed by atoms with Crippen molar-refractivity contribution in [3.05, 3.63) is 54.6 Å². The number of rotatable bonds is 1. The zero-order chi connectivity index (χ0) is 17.2. The first-order chi connectivity index (χ1) is 12.4. The third kappa shape index (κ3) is 7.08. The minimum Gasteiger partial charge on any atom is -0.413 e. The maximum absolute atomic E-state index is 6.19. The van der Waals surface area contributed by atoms with Gasteiger partial charge in [0.25, 0.3) is 0 Å². The number of fused-ring (bicyclic) bond motifs is 1. The Labute approximate surface area is 170 Å². The molecule has 1 aliphatic heterocycles. The fraction of sp³-hybridized carbons (Fsp3) is 0.545. The van der Waals surface area contributed by atoms with Crippen molar-refractivity contribution in [2.45, 2.75) is 76.4 Å². The Bertz CT molecular complexity index is 503. The SMILES string of the molecule is [Fe].c1cc(B2O[C@H]3CCCCCCCCCC[C@H]3O2)c[cH-]1.c1cc[cH-]c1. The van der Waals surface area contributed by atoms with Crippen LogP contribution in [0.3, 0.4) is 0 Å². The molecule has 0 bridgehead atoms. The molecule has 1 saturated carbocycles. The smallest absolute Gasteiger partial charge is 0.406 e. The zero-order valence-electron chi connectivity index (χ0n) is 15.7. The Balaban J connectivity index is 0.000000351. The van der Waals surface area contributed by atoms with Crippen LogP contribution in [0.25, 0.3) is 0 Å². The molecule has 0 spiro atoms. The summed E-state index contributed by atoms with van der Waals surface area (Å²) in [6.45, 7) is 0. The maximum atomic E-state index is 6.19. The molecule has 26 heavy (non-hydrogen) atoms. The van der Waals surface area contributed by atoms with E-state index in [0.29, 0.717) is 12.2 Å². The van der Waals surface area contributed by atoms with Gasteiger partial charge in [0.2, 0.25) is 0 Å². The van der Waals surface area contributed by atoms with Crippen molar-refractivity contribution in [1.29, 1.82) is 0 Å². The van der Waals surface area contributed by atoms with Crippen molar-refractivity contribution in [3.8, 4) is 0 Å². The van der Waals surface area contributed by atoms with Gasteiger partial charge in [0.1, 0.15) is 0 Å². The van der Waals surface area contributed by atoms with Gasteiger partial charge in [-0.25, -0.2) is 18.2 Å². The van der Waals surface area contributed by atoms with Crippen LogP contribution in [0.4, 0.5) is 0 Å². The molecule has 4 rings (SSSR count). The van der Waals surface area contributed by atoms with E-state index in [0.717, 1.165) is 0 Å². The predicted octanol–water partition coefficient (Wildman–Crippen LogP) is 5.20. The molecule has 1 saturated heterocycles. The summed E-state index contributed by atoms with van der Waals surface area (Å²) in [4.78, 5) is 0. The summed E-state index contributed by atoms with van der Waals surface area (Å²) < 4.78 is 12.4. The first-order valence-electron chi connectivity index (χ1n) is 10.1. The van der Waals surface area contributed by atoms with E-state index >= 15 is 0 Å². The fourth-order valence-electron chi connectivity index (χ4n) is 3.81. The summed E-state index contributed by atoms with van der Waals surface area (Å²) >= 11 is 0. The van der Waals surface area contributed by atoms with Gasteiger partial charge in [-0.1, -0.05) is 51.4 Å². The molecule has 2 atom stereocenters. The van der Waals surface area contributed by atoms with Gasteiger partial charge in [-0.15, -0.1) is 0 Å². The molecular formula is C22H31BFeO2-2. The molecule has 2 fully saturated rings. The monoisotopic (exact) mass is 394 g/mol. The van der Waals surface area contributed by atoms with Crippen LogP contribution in [0.1, 0.15) is 64.2 Å². The molecule has 0 N–H and O–H groups in total. The van der Waals surface area contributed by atoms with Crippen LogP contribution in [-0.4, -0.2) is 19.3 Å². The second-order valence-electron chi connectivity index (χ2n) is 7.27. The Morgan fingerprint density at radius 2 is 1.27 bits per heavy atom. The van der Waals surface area contributed by atoms with E-state index in [-0.39, 0.29) is 24.2 Å². The van der Waals surface area contributed by atoms with Crippen LogP contribution >= 0.6 is 0 Å². The Hall–Kier alpha value is -0.796. The molecule has 2 aliphatic rings. The Morgan fingerprint density at radius 1 is 0.731 bits per heavy atom. The van der Waals surface area contributed by atoms with Gasteiger partial charge in [-0.2, -0.15) is 41.9 Å². The summed E-state index contributed by atoms with van der Waals surface area (Å²) in [5.74, 6) is 0. The van der Waals surface area contributed by atoms with E-state index in [1.165, 1.54) is 69.7 Å². The van der Waals surface area contributed by atoms with Crippen LogP contribution in [0.5, 0.6) is 0 Å². The largest absolute Gasteiger partial charge is 0.413 e. The van der Waals surface area contributed by atoms with Crippen LogP contribution in [0, 0.1) is 0 Å². The summed E-state index contributed by atoms with van der Waals surface area (Å²) in [7, 11) is -0.120. The maximum Gasteiger partial charge on any atom is 0.406 e. The van der Waals surface area contributed by atoms with Gasteiger partial charge in [-0.05, 0) is 12.8 Å². The van der Waals surface area contributed by atoms with Crippen LogP contribution in [-0.2, 0) is 26.4 Å². The summed E-state index contributed by atoms with van der Waals surface area (Å²) in [5.41, 5.74) is 1.18. The van der Waals surface area contributed by atoms with E-state index in [2.05, 4.69) is 24.3 Å². The van der Waals surface area contributed by atoms with E-state index in [9.17, 15) is 0 Å². The van der Waals surface area contributed by atoms with E-state index < -0.39 is 0 Å². The topological polar surface area (TPSA) is 18.5 Å². The van der Waals surface area contributed by atoms with Crippen molar-refractivity contribution >= 4 is 12.6 Å². The van der Waals surface area contributed by atoms with Crippen molar-refractivity contribution in [3.63, 3.8) is 0 Å². The molecule has 2 aromatic carbocycles. The quantitative estimate of drug-likeness (QED) is 0.489. The summed E-state index contributed by atoms with van der Waals surface area (Å²) in [6, 6.07) is 18.3. The Morgan fingerprint density at radius 3 is 1.69 bits per heavy atom. The van der Waals surface area contributed by atoms with E-state index in [1.807, 2.05) is 30.3 Å². The molecule has 0 aromatic heterocycles. The van der Waals surface area contributed by atoms with Crippen molar-refractivity contribution in [2.75, 3.05) is 0 Å². The predicted molar refractivity (Wildman–Crippen MR) is 105 cm³/mol. The molecule has 1 aliphatic carbocycles. The van der Waals surface area contributed by atoms with Crippen molar-refractivity contribution in [2.24, 2.45) is 0 Å². The minimum atomic E-state index is -0.120. The fourth-order valence-corrected chi connectivity index (χ4v) is 3.81. The second-order valence-corrected chi connectivity index (χ2v) is 7.27. The molecular weight excluding hydrogens is 363 g/mol. The van der Waals surface area contributed by atoms with Gasteiger partial charge in [0.05, 0.1) is 12.2 Å². The summed E-state index contributed by atoms with van der Waals surface area (Å²) in [6.07, 6.45) is 13.9. The third-order valence-electron chi connectivity index (χ3n) is 5.25. The second kappa shape index (κ2) is 12.6. The number of hydrogen-bond acceptors (Lipinski definition) is 2. The molecule has 0 radical (unpaired) electrons.